The SMILES string of the molecule is Cc1cccc(C(=O)Nc2ccccc2C(=O)NCCCn2cnc3ccccc32)c1. The smallest absolute Gasteiger partial charge is 0.255 e. The Bertz CT molecular complexity index is 1230. The molecule has 2 amide bonds. The molecule has 0 fully saturated rings. The molecule has 0 bridgehead atoms. The number of fused-ring (bicyclic) bond motifs is 1. The predicted molar refractivity (Wildman–Crippen MR) is 122 cm³/mol. The number of carbonyl (C=O) groups is 2. The van der Waals surface area contributed by atoms with Crippen LogP contribution < -0.4 is 10.6 Å². The van der Waals surface area contributed by atoms with Gasteiger partial charge in [-0.3, -0.25) is 9.59 Å². The van der Waals surface area contributed by atoms with E-state index in [1.807, 2.05) is 55.7 Å². The number of nitrogens with zero attached hydrogens (tertiary/aromatic N) is 2. The Balaban J connectivity index is 1.36. The number of rotatable bonds is 7. The minimum absolute atomic E-state index is 0.212. The zero-order valence-corrected chi connectivity index (χ0v) is 17.3. The molecule has 0 aliphatic heterocycles. The third-order valence-corrected chi connectivity index (χ3v) is 5.09. The monoisotopic (exact) mass is 412 g/mol. The first-order chi connectivity index (χ1) is 15.1. The number of anilines is 1. The molecule has 0 saturated carbocycles. The third-order valence-electron chi connectivity index (χ3n) is 5.09. The van der Waals surface area contributed by atoms with Crippen molar-refractivity contribution in [1.29, 1.82) is 0 Å². The van der Waals surface area contributed by atoms with Crippen LogP contribution in [0.2, 0.25) is 0 Å². The fraction of sp³-hybridized carbons (Fsp3) is 0.160. The van der Waals surface area contributed by atoms with Crippen molar-refractivity contribution in [2.24, 2.45) is 0 Å². The molecule has 0 aliphatic carbocycles. The van der Waals surface area contributed by atoms with E-state index in [0.717, 1.165) is 29.6 Å². The van der Waals surface area contributed by atoms with Gasteiger partial charge in [-0.05, 0) is 49.7 Å². The van der Waals surface area contributed by atoms with Gasteiger partial charge in [-0.25, -0.2) is 4.98 Å². The molecule has 31 heavy (non-hydrogen) atoms. The topological polar surface area (TPSA) is 76.0 Å². The number of para-hydroxylation sites is 3. The molecule has 6 heteroatoms. The van der Waals surface area contributed by atoms with Gasteiger partial charge in [0.05, 0.1) is 28.6 Å². The lowest BCUT2D eigenvalue weighted by atomic mass is 10.1. The summed E-state index contributed by atoms with van der Waals surface area (Å²) in [6.07, 6.45) is 2.59. The van der Waals surface area contributed by atoms with Crippen molar-refractivity contribution in [2.75, 3.05) is 11.9 Å². The van der Waals surface area contributed by atoms with Crippen molar-refractivity contribution in [3.63, 3.8) is 0 Å². The number of hydrogen-bond acceptors (Lipinski definition) is 3. The van der Waals surface area contributed by atoms with Crippen molar-refractivity contribution >= 4 is 28.5 Å². The molecule has 2 N–H and O–H groups in total. The van der Waals surface area contributed by atoms with Gasteiger partial charge in [0.15, 0.2) is 0 Å². The molecule has 4 rings (SSSR count). The average molecular weight is 412 g/mol. The highest BCUT2D eigenvalue weighted by atomic mass is 16.2. The third kappa shape index (κ3) is 4.80. The van der Waals surface area contributed by atoms with E-state index in [-0.39, 0.29) is 11.8 Å². The van der Waals surface area contributed by atoms with Crippen molar-refractivity contribution in [2.45, 2.75) is 19.9 Å². The fourth-order valence-corrected chi connectivity index (χ4v) is 3.51. The summed E-state index contributed by atoms with van der Waals surface area (Å²) in [7, 11) is 0. The van der Waals surface area contributed by atoms with Gasteiger partial charge in [0, 0.05) is 18.7 Å². The largest absolute Gasteiger partial charge is 0.352 e. The number of aromatic nitrogens is 2. The first-order valence-electron chi connectivity index (χ1n) is 10.3. The van der Waals surface area contributed by atoms with Crippen molar-refractivity contribution in [3.8, 4) is 0 Å². The number of nitrogens with one attached hydrogen (secondary N) is 2. The molecular weight excluding hydrogens is 388 g/mol. The van der Waals surface area contributed by atoms with E-state index in [1.165, 1.54) is 0 Å². The van der Waals surface area contributed by atoms with Gasteiger partial charge in [0.2, 0.25) is 0 Å². The van der Waals surface area contributed by atoms with Crippen molar-refractivity contribution < 1.29 is 9.59 Å². The zero-order valence-electron chi connectivity index (χ0n) is 17.3. The number of aryl methyl sites for hydroxylation is 2. The lowest BCUT2D eigenvalue weighted by molar-refractivity contribution is 0.0953. The van der Waals surface area contributed by atoms with Gasteiger partial charge in [0.25, 0.3) is 11.8 Å². The molecule has 0 aliphatic rings. The van der Waals surface area contributed by atoms with Crippen LogP contribution in [-0.4, -0.2) is 27.9 Å². The Morgan fingerprint density at radius 1 is 0.935 bits per heavy atom. The highest BCUT2D eigenvalue weighted by Crippen LogP contribution is 2.17. The predicted octanol–water partition coefficient (Wildman–Crippen LogP) is 4.42. The molecule has 0 spiro atoms. The number of benzene rings is 3. The zero-order chi connectivity index (χ0) is 21.6. The highest BCUT2D eigenvalue weighted by molar-refractivity contribution is 6.09. The van der Waals surface area contributed by atoms with Crippen LogP contribution in [0.3, 0.4) is 0 Å². The fourth-order valence-electron chi connectivity index (χ4n) is 3.51. The Morgan fingerprint density at radius 3 is 2.61 bits per heavy atom. The Morgan fingerprint density at radius 2 is 1.74 bits per heavy atom. The second-order valence-corrected chi connectivity index (χ2v) is 7.41. The number of amides is 2. The van der Waals surface area contributed by atoms with E-state index in [2.05, 4.69) is 20.2 Å². The lowest BCUT2D eigenvalue weighted by Crippen LogP contribution is -2.26. The van der Waals surface area contributed by atoms with E-state index in [0.29, 0.717) is 23.4 Å². The second-order valence-electron chi connectivity index (χ2n) is 7.41. The summed E-state index contributed by atoms with van der Waals surface area (Å²) < 4.78 is 2.08. The van der Waals surface area contributed by atoms with Crippen LogP contribution in [0.4, 0.5) is 5.69 Å². The molecule has 1 heterocycles. The standard InChI is InChI=1S/C25H24N4O2/c1-18-8-6-9-19(16-18)24(30)28-21-11-3-2-10-20(21)25(31)26-14-7-15-29-17-27-22-12-4-5-13-23(22)29/h2-6,8-13,16-17H,7,14-15H2,1H3,(H,26,31)(H,28,30). The minimum atomic E-state index is -0.240. The van der Waals surface area contributed by atoms with Crippen molar-refractivity contribution in [1.82, 2.24) is 14.9 Å². The van der Waals surface area contributed by atoms with Crippen molar-refractivity contribution in [3.05, 3.63) is 95.8 Å². The van der Waals surface area contributed by atoms with Gasteiger partial charge in [-0.2, -0.15) is 0 Å². The molecule has 0 unspecified atom stereocenters. The highest BCUT2D eigenvalue weighted by Gasteiger charge is 2.14. The quantitative estimate of drug-likeness (QED) is 0.441. The molecule has 0 radical (unpaired) electrons. The Labute approximate surface area is 180 Å². The van der Waals surface area contributed by atoms with E-state index in [1.54, 1.807) is 30.3 Å². The summed E-state index contributed by atoms with van der Waals surface area (Å²) in [4.78, 5) is 29.7. The van der Waals surface area contributed by atoms with Crippen LogP contribution in [0, 0.1) is 6.92 Å². The molecule has 156 valence electrons. The summed E-state index contributed by atoms with van der Waals surface area (Å²) in [5.41, 5.74) is 4.54. The van der Waals surface area contributed by atoms with Crippen LogP contribution in [0.25, 0.3) is 11.0 Å². The van der Waals surface area contributed by atoms with E-state index in [4.69, 9.17) is 0 Å². The normalized spacial score (nSPS) is 10.7. The maximum Gasteiger partial charge on any atom is 0.255 e. The maximum atomic E-state index is 12.7. The molecule has 4 aromatic rings. The van der Waals surface area contributed by atoms with Crippen LogP contribution in [0.1, 0.15) is 32.7 Å². The molecule has 1 aromatic heterocycles. The maximum absolute atomic E-state index is 12.7. The van der Waals surface area contributed by atoms with Gasteiger partial charge < -0.3 is 15.2 Å². The first-order valence-corrected chi connectivity index (χ1v) is 10.3. The summed E-state index contributed by atoms with van der Waals surface area (Å²) >= 11 is 0. The number of carbonyl (C=O) groups excluding carboxylic acids is 2. The van der Waals surface area contributed by atoms with Crippen LogP contribution in [-0.2, 0) is 6.54 Å². The lowest BCUT2D eigenvalue weighted by Gasteiger charge is -2.12. The van der Waals surface area contributed by atoms with Gasteiger partial charge in [-0.15, -0.1) is 0 Å². The number of imidazole rings is 1. The number of hydrogen-bond donors (Lipinski definition) is 2. The molecular formula is C25H24N4O2. The first kappa shape index (κ1) is 20.3. The van der Waals surface area contributed by atoms with E-state index < -0.39 is 0 Å². The average Bonchev–Trinajstić information content (AvgIpc) is 3.20. The molecule has 3 aromatic carbocycles. The minimum Gasteiger partial charge on any atom is -0.352 e. The van der Waals surface area contributed by atoms with Gasteiger partial charge in [0.1, 0.15) is 0 Å². The van der Waals surface area contributed by atoms with Crippen LogP contribution in [0.5, 0.6) is 0 Å². The summed E-state index contributed by atoms with van der Waals surface area (Å²) in [5.74, 6) is -0.452. The Kier molecular flexibility index (Phi) is 6.08. The van der Waals surface area contributed by atoms with Crippen LogP contribution in [0.15, 0.2) is 79.1 Å². The van der Waals surface area contributed by atoms with Gasteiger partial charge in [-0.1, -0.05) is 42.0 Å². The molecule has 6 nitrogen and oxygen atoms in total. The van der Waals surface area contributed by atoms with E-state index >= 15 is 0 Å². The summed E-state index contributed by atoms with van der Waals surface area (Å²) in [6, 6.07) is 22.4. The van der Waals surface area contributed by atoms with Gasteiger partial charge >= 0.3 is 0 Å². The summed E-state index contributed by atoms with van der Waals surface area (Å²) in [5, 5.41) is 5.80. The summed E-state index contributed by atoms with van der Waals surface area (Å²) in [6.45, 7) is 3.21. The van der Waals surface area contributed by atoms with E-state index in [9.17, 15) is 9.59 Å². The molecule has 0 saturated heterocycles. The molecule has 0 atom stereocenters. The van der Waals surface area contributed by atoms with Crippen LogP contribution >= 0.6 is 0 Å². The Hall–Kier alpha value is -3.93. The second kappa shape index (κ2) is 9.26.